The van der Waals surface area contributed by atoms with Gasteiger partial charge < -0.3 is 4.90 Å². The third kappa shape index (κ3) is 3.35. The summed E-state index contributed by atoms with van der Waals surface area (Å²) >= 11 is 0. The van der Waals surface area contributed by atoms with Crippen LogP contribution in [0.1, 0.15) is 16.7 Å². The normalized spacial score (nSPS) is 9.95. The van der Waals surface area contributed by atoms with Crippen LogP contribution in [0, 0.1) is 18.3 Å². The van der Waals surface area contributed by atoms with E-state index in [1.54, 1.807) is 0 Å². The lowest BCUT2D eigenvalue weighted by molar-refractivity contribution is 0.876. The number of aryl methyl sites for hydroxylation is 1. The minimum atomic E-state index is 0.750. The van der Waals surface area contributed by atoms with E-state index in [9.17, 15) is 0 Å². The van der Waals surface area contributed by atoms with Crippen LogP contribution in [-0.2, 0) is 6.42 Å². The highest BCUT2D eigenvalue weighted by Gasteiger charge is 2.04. The quantitative estimate of drug-likeness (QED) is 0.829. The summed E-state index contributed by atoms with van der Waals surface area (Å²) in [6.07, 6.45) is 1.02. The lowest BCUT2D eigenvalue weighted by atomic mass is 10.1. The van der Waals surface area contributed by atoms with Gasteiger partial charge in [0.05, 0.1) is 11.6 Å². The number of anilines is 1. The fourth-order valence-electron chi connectivity index (χ4n) is 2.08. The molecule has 96 valence electrons. The van der Waals surface area contributed by atoms with Crippen molar-refractivity contribution in [3.05, 3.63) is 65.2 Å². The van der Waals surface area contributed by atoms with Crippen LogP contribution < -0.4 is 4.90 Å². The van der Waals surface area contributed by atoms with Gasteiger partial charge in [-0.2, -0.15) is 5.26 Å². The van der Waals surface area contributed by atoms with Gasteiger partial charge in [-0.3, -0.25) is 0 Å². The number of hydrogen-bond acceptors (Lipinski definition) is 2. The molecule has 0 aliphatic heterocycles. The molecule has 0 fully saturated rings. The van der Waals surface area contributed by atoms with Crippen molar-refractivity contribution < 1.29 is 0 Å². The summed E-state index contributed by atoms with van der Waals surface area (Å²) < 4.78 is 0. The van der Waals surface area contributed by atoms with Crippen molar-refractivity contribution in [2.75, 3.05) is 18.5 Å². The molecule has 0 spiro atoms. The molecule has 0 atom stereocenters. The monoisotopic (exact) mass is 250 g/mol. The summed E-state index contributed by atoms with van der Waals surface area (Å²) in [6, 6.07) is 18.7. The molecule has 0 amide bonds. The molecule has 2 aromatic carbocycles. The van der Waals surface area contributed by atoms with E-state index in [-0.39, 0.29) is 0 Å². The second-order valence-corrected chi connectivity index (χ2v) is 4.77. The van der Waals surface area contributed by atoms with Crippen LogP contribution in [0.2, 0.25) is 0 Å². The molecule has 2 rings (SSSR count). The minimum Gasteiger partial charge on any atom is -0.374 e. The first-order valence-corrected chi connectivity index (χ1v) is 6.46. The fourth-order valence-corrected chi connectivity index (χ4v) is 2.08. The van der Waals surface area contributed by atoms with E-state index in [0.29, 0.717) is 0 Å². The van der Waals surface area contributed by atoms with Gasteiger partial charge in [0.2, 0.25) is 0 Å². The standard InChI is InChI=1S/C17H18N2/c1-14-12-17(9-8-16(14)13-18)19(2)11-10-15-6-4-3-5-7-15/h3-9,12H,10-11H2,1-2H3. The Morgan fingerprint density at radius 1 is 1.11 bits per heavy atom. The highest BCUT2D eigenvalue weighted by molar-refractivity contribution is 5.53. The van der Waals surface area contributed by atoms with E-state index < -0.39 is 0 Å². The second kappa shape index (κ2) is 6.06. The molecule has 2 heteroatoms. The van der Waals surface area contributed by atoms with E-state index in [1.165, 1.54) is 5.56 Å². The zero-order chi connectivity index (χ0) is 13.7. The molecule has 19 heavy (non-hydrogen) atoms. The Morgan fingerprint density at radius 3 is 2.47 bits per heavy atom. The molecule has 0 saturated heterocycles. The van der Waals surface area contributed by atoms with Crippen molar-refractivity contribution in [3.8, 4) is 6.07 Å². The van der Waals surface area contributed by atoms with Crippen LogP contribution in [0.3, 0.4) is 0 Å². The smallest absolute Gasteiger partial charge is 0.0994 e. The topological polar surface area (TPSA) is 27.0 Å². The number of likely N-dealkylation sites (N-methyl/N-ethyl adjacent to an activating group) is 1. The Bertz CT molecular complexity index is 582. The number of benzene rings is 2. The summed E-state index contributed by atoms with van der Waals surface area (Å²) in [5.74, 6) is 0. The van der Waals surface area contributed by atoms with Gasteiger partial charge in [-0.25, -0.2) is 0 Å². The SMILES string of the molecule is Cc1cc(N(C)CCc2ccccc2)ccc1C#N. The molecule has 0 aliphatic rings. The first-order valence-electron chi connectivity index (χ1n) is 6.46. The average molecular weight is 250 g/mol. The maximum absolute atomic E-state index is 8.94. The Hall–Kier alpha value is -2.27. The predicted molar refractivity (Wildman–Crippen MR) is 79.3 cm³/mol. The molecule has 0 radical (unpaired) electrons. The van der Waals surface area contributed by atoms with Gasteiger partial charge in [0.25, 0.3) is 0 Å². The van der Waals surface area contributed by atoms with Crippen LogP contribution in [0.4, 0.5) is 5.69 Å². The van der Waals surface area contributed by atoms with Crippen LogP contribution >= 0.6 is 0 Å². The van der Waals surface area contributed by atoms with Gasteiger partial charge >= 0.3 is 0 Å². The molecule has 0 N–H and O–H groups in total. The van der Waals surface area contributed by atoms with Crippen molar-refractivity contribution in [1.82, 2.24) is 0 Å². The number of hydrogen-bond donors (Lipinski definition) is 0. The van der Waals surface area contributed by atoms with Crippen molar-refractivity contribution in [2.45, 2.75) is 13.3 Å². The Morgan fingerprint density at radius 2 is 1.84 bits per heavy atom. The van der Waals surface area contributed by atoms with Gasteiger partial charge in [-0.15, -0.1) is 0 Å². The van der Waals surface area contributed by atoms with Crippen LogP contribution in [0.5, 0.6) is 0 Å². The first-order chi connectivity index (χ1) is 9.20. The summed E-state index contributed by atoms with van der Waals surface area (Å²) in [6.45, 7) is 2.95. The van der Waals surface area contributed by atoms with Crippen molar-refractivity contribution in [3.63, 3.8) is 0 Å². The lowest BCUT2D eigenvalue weighted by Crippen LogP contribution is -2.20. The van der Waals surface area contributed by atoms with Crippen LogP contribution in [0.15, 0.2) is 48.5 Å². The van der Waals surface area contributed by atoms with E-state index in [0.717, 1.165) is 29.8 Å². The van der Waals surface area contributed by atoms with Gasteiger partial charge in [0.15, 0.2) is 0 Å². The van der Waals surface area contributed by atoms with E-state index in [2.05, 4.69) is 48.3 Å². The largest absolute Gasteiger partial charge is 0.374 e. The van der Waals surface area contributed by atoms with Gasteiger partial charge in [-0.05, 0) is 42.7 Å². The zero-order valence-corrected chi connectivity index (χ0v) is 11.4. The van der Waals surface area contributed by atoms with Gasteiger partial charge in [0.1, 0.15) is 0 Å². The molecule has 2 nitrogen and oxygen atoms in total. The summed E-state index contributed by atoms with van der Waals surface area (Å²) in [5.41, 5.74) is 4.29. The lowest BCUT2D eigenvalue weighted by Gasteiger charge is -2.20. The van der Waals surface area contributed by atoms with Crippen molar-refractivity contribution >= 4 is 5.69 Å². The molecule has 0 saturated carbocycles. The molecule has 0 unspecified atom stereocenters. The Labute approximate surface area is 114 Å². The number of rotatable bonds is 4. The first kappa shape index (κ1) is 13.2. The molecule has 2 aromatic rings. The summed E-state index contributed by atoms with van der Waals surface area (Å²) in [4.78, 5) is 2.22. The maximum atomic E-state index is 8.94. The fraction of sp³-hybridized carbons (Fsp3) is 0.235. The van der Waals surface area contributed by atoms with Crippen LogP contribution in [0.25, 0.3) is 0 Å². The molecule has 0 heterocycles. The van der Waals surface area contributed by atoms with Crippen LogP contribution in [-0.4, -0.2) is 13.6 Å². The second-order valence-electron chi connectivity index (χ2n) is 4.77. The number of nitrogens with zero attached hydrogens (tertiary/aromatic N) is 2. The average Bonchev–Trinajstić information content (AvgIpc) is 2.45. The van der Waals surface area contributed by atoms with E-state index in [4.69, 9.17) is 5.26 Å². The summed E-state index contributed by atoms with van der Waals surface area (Å²) in [7, 11) is 2.09. The third-order valence-corrected chi connectivity index (χ3v) is 3.35. The van der Waals surface area contributed by atoms with E-state index in [1.807, 2.05) is 25.1 Å². The molecule has 0 bridgehead atoms. The molecular weight excluding hydrogens is 232 g/mol. The Balaban J connectivity index is 2.02. The molecular formula is C17H18N2. The van der Waals surface area contributed by atoms with Crippen molar-refractivity contribution in [1.29, 1.82) is 5.26 Å². The Kier molecular flexibility index (Phi) is 4.20. The van der Waals surface area contributed by atoms with Crippen molar-refractivity contribution in [2.24, 2.45) is 0 Å². The highest BCUT2D eigenvalue weighted by atomic mass is 15.1. The summed E-state index contributed by atoms with van der Waals surface area (Å²) in [5, 5.41) is 8.94. The maximum Gasteiger partial charge on any atom is 0.0994 e. The third-order valence-electron chi connectivity index (χ3n) is 3.35. The predicted octanol–water partition coefficient (Wildman–Crippen LogP) is 3.55. The van der Waals surface area contributed by atoms with Gasteiger partial charge in [-0.1, -0.05) is 30.3 Å². The molecule has 0 aromatic heterocycles. The zero-order valence-electron chi connectivity index (χ0n) is 11.4. The molecule has 0 aliphatic carbocycles. The number of nitriles is 1. The highest BCUT2D eigenvalue weighted by Crippen LogP contribution is 2.18. The van der Waals surface area contributed by atoms with E-state index >= 15 is 0 Å². The van der Waals surface area contributed by atoms with Gasteiger partial charge in [0, 0.05) is 19.3 Å². The minimum absolute atomic E-state index is 0.750.